The third-order valence-electron chi connectivity index (χ3n) is 11.9. The van der Waals surface area contributed by atoms with Crippen LogP contribution in [0.3, 0.4) is 0 Å². The molecule has 6 aliphatic rings. The van der Waals surface area contributed by atoms with Crippen LogP contribution in [0, 0.1) is 28.6 Å². The number of nitrogens with two attached hydrogens (primary N) is 1. The maximum absolute atomic E-state index is 13.8. The Morgan fingerprint density at radius 2 is 1.88 bits per heavy atom. The minimum atomic E-state index is -2.95. The summed E-state index contributed by atoms with van der Waals surface area (Å²) in [7, 11) is 1.08. The number of allylic oxidation sites excluding steroid dienone is 3. The molecule has 272 valence electrons. The summed E-state index contributed by atoms with van der Waals surface area (Å²) in [6, 6.07) is -1.82. The van der Waals surface area contributed by atoms with Crippen molar-refractivity contribution in [2.24, 2.45) is 34.3 Å². The predicted molar refractivity (Wildman–Crippen MR) is 161 cm³/mol. The molecular weight excluding hydrogens is 654 g/mol. The van der Waals surface area contributed by atoms with Gasteiger partial charge in [0.1, 0.15) is 6.10 Å². The van der Waals surface area contributed by atoms with E-state index < -0.39 is 126 Å². The minimum Gasteiger partial charge on any atom is -0.467 e. The molecule has 3 aliphatic carbocycles. The van der Waals surface area contributed by atoms with Gasteiger partial charge in [0, 0.05) is 42.3 Å². The van der Waals surface area contributed by atoms with Gasteiger partial charge in [-0.15, -0.1) is 0 Å². The van der Waals surface area contributed by atoms with Crippen LogP contribution in [0.2, 0.25) is 0 Å². The monoisotopic (exact) mass is 698 g/mol. The normalized spacial score (nSPS) is 44.0. The Hall–Kier alpha value is -2.86. The van der Waals surface area contributed by atoms with Crippen molar-refractivity contribution in [2.75, 3.05) is 20.3 Å². The Morgan fingerprint density at radius 3 is 2.49 bits per heavy atom. The first-order valence-corrected chi connectivity index (χ1v) is 16.4. The predicted octanol–water partition coefficient (Wildman–Crippen LogP) is 0.00860. The van der Waals surface area contributed by atoms with Gasteiger partial charge in [-0.3, -0.25) is 9.59 Å². The molecule has 2 bridgehead atoms. The van der Waals surface area contributed by atoms with E-state index in [0.717, 1.165) is 7.11 Å². The summed E-state index contributed by atoms with van der Waals surface area (Å²) in [5.74, 6) is -9.45. The van der Waals surface area contributed by atoms with Crippen molar-refractivity contribution in [3.8, 4) is 0 Å². The van der Waals surface area contributed by atoms with Gasteiger partial charge in [0.05, 0.1) is 44.8 Å². The average Bonchev–Trinajstić information content (AvgIpc) is 3.53. The fourth-order valence-corrected chi connectivity index (χ4v) is 10.1. The number of aliphatic hydroxyl groups is 3. The molecule has 6 rings (SSSR count). The quantitative estimate of drug-likeness (QED) is 0.135. The van der Waals surface area contributed by atoms with E-state index in [1.165, 1.54) is 6.08 Å². The van der Waals surface area contributed by atoms with Crippen molar-refractivity contribution in [3.05, 3.63) is 23.0 Å². The van der Waals surface area contributed by atoms with Crippen LogP contribution in [0.5, 0.6) is 0 Å². The number of alkyl halides is 2. The summed E-state index contributed by atoms with van der Waals surface area (Å²) in [6.45, 7) is 5.84. The number of fused-ring (bicyclic) bond motifs is 2. The lowest BCUT2D eigenvalue weighted by Crippen LogP contribution is -2.79. The molecule has 6 N–H and O–H groups in total. The highest BCUT2D eigenvalue weighted by Crippen LogP contribution is 2.73. The van der Waals surface area contributed by atoms with E-state index in [4.69, 9.17) is 29.4 Å². The number of rotatable bonds is 7. The molecule has 0 aromatic carbocycles. The number of methoxy groups -OCH3 is 1. The molecule has 3 heterocycles. The first-order chi connectivity index (χ1) is 22.8. The Balaban J connectivity index is 1.37. The lowest BCUT2D eigenvalue weighted by Gasteiger charge is -2.68. The zero-order valence-electron chi connectivity index (χ0n) is 27.9. The van der Waals surface area contributed by atoms with Gasteiger partial charge in [-0.05, 0) is 44.1 Å². The van der Waals surface area contributed by atoms with E-state index in [1.54, 1.807) is 27.7 Å². The molecule has 1 spiro atoms. The van der Waals surface area contributed by atoms with E-state index in [2.05, 4.69) is 5.32 Å². The number of Topliss-reactive ketones (excluding diaryl/α,β-unsaturated/α-hetero) is 1. The summed E-state index contributed by atoms with van der Waals surface area (Å²) in [6.07, 6.45) is -7.87. The number of carbonyl (C=O) groups excluding carboxylic acids is 4. The summed E-state index contributed by atoms with van der Waals surface area (Å²) < 4.78 is 56.0. The maximum Gasteiger partial charge on any atom is 0.341 e. The van der Waals surface area contributed by atoms with E-state index in [-0.39, 0.29) is 25.2 Å². The van der Waals surface area contributed by atoms with Gasteiger partial charge in [0.25, 0.3) is 5.92 Å². The average molecular weight is 699 g/mol. The van der Waals surface area contributed by atoms with Crippen LogP contribution in [0.25, 0.3) is 0 Å². The van der Waals surface area contributed by atoms with Crippen LogP contribution in [-0.4, -0.2) is 114 Å². The number of nitrogens with one attached hydrogen (secondary N) is 1. The van der Waals surface area contributed by atoms with Gasteiger partial charge in [0.15, 0.2) is 23.9 Å². The Bertz CT molecular complexity index is 1500. The number of ether oxygens (including phenoxy) is 5. The lowest BCUT2D eigenvalue weighted by atomic mass is 9.38. The molecule has 3 aliphatic heterocycles. The fraction of sp³-hybridized carbons (Fsp3) is 0.758. The lowest BCUT2D eigenvalue weighted by molar-refractivity contribution is -0.348. The molecule has 0 aromatic rings. The Kier molecular flexibility index (Phi) is 8.90. The number of ketones is 1. The number of carbonyl (C=O) groups is 4. The fourth-order valence-electron chi connectivity index (χ4n) is 10.1. The van der Waals surface area contributed by atoms with Crippen LogP contribution in [-0.2, 0) is 42.9 Å². The smallest absolute Gasteiger partial charge is 0.341 e. The van der Waals surface area contributed by atoms with Crippen molar-refractivity contribution >= 4 is 23.7 Å². The third kappa shape index (κ3) is 5.28. The topological polar surface area (TPSA) is 213 Å². The second-order valence-corrected chi connectivity index (χ2v) is 15.0. The Morgan fingerprint density at radius 1 is 1.18 bits per heavy atom. The van der Waals surface area contributed by atoms with Gasteiger partial charge in [0.2, 0.25) is 5.60 Å². The summed E-state index contributed by atoms with van der Waals surface area (Å²) >= 11 is 0. The molecule has 3 saturated heterocycles. The van der Waals surface area contributed by atoms with E-state index in [0.29, 0.717) is 11.1 Å². The van der Waals surface area contributed by atoms with Crippen LogP contribution < -0.4 is 11.1 Å². The highest BCUT2D eigenvalue weighted by atomic mass is 19.3. The molecule has 5 fully saturated rings. The van der Waals surface area contributed by atoms with E-state index >= 15 is 0 Å². The first-order valence-electron chi connectivity index (χ1n) is 16.4. The second-order valence-electron chi connectivity index (χ2n) is 15.0. The zero-order valence-corrected chi connectivity index (χ0v) is 27.9. The van der Waals surface area contributed by atoms with Crippen LogP contribution in [0.15, 0.2) is 23.0 Å². The SMILES string of the molecule is COC(=O)[C@@]12OC[C@]34C([C@@H](O)[C@@H]1O)[C@@]1(C)CC(=O)C(OC(=O)C[C@@H](N)[C@@H]5CC(F)(F)CN5)=C(C)[C@@H]1C[C@H]3OC(O)[C@H](OC(=O)C=C(C)C)[C@@H]24. The van der Waals surface area contributed by atoms with Gasteiger partial charge < -0.3 is 50.1 Å². The number of aliphatic hydroxyl groups excluding tert-OH is 3. The summed E-state index contributed by atoms with van der Waals surface area (Å²) in [5.41, 5.74) is 2.20. The molecular formula is C33H44F2N2O12. The number of esters is 3. The minimum absolute atomic E-state index is 0.0966. The largest absolute Gasteiger partial charge is 0.467 e. The molecule has 0 aromatic heterocycles. The molecule has 16 heteroatoms. The van der Waals surface area contributed by atoms with Crippen LogP contribution in [0.4, 0.5) is 8.78 Å². The van der Waals surface area contributed by atoms with Gasteiger partial charge in [-0.2, -0.15) is 0 Å². The molecule has 2 unspecified atom stereocenters. The summed E-state index contributed by atoms with van der Waals surface area (Å²) in [5, 5.41) is 37.7. The molecule has 0 radical (unpaired) electrons. The second kappa shape index (κ2) is 12.1. The Labute approximate surface area is 281 Å². The van der Waals surface area contributed by atoms with Crippen molar-refractivity contribution < 1.29 is 67.0 Å². The number of hydrogen-bond donors (Lipinski definition) is 5. The van der Waals surface area contributed by atoms with E-state index in [9.17, 15) is 43.3 Å². The summed E-state index contributed by atoms with van der Waals surface area (Å²) in [4.78, 5) is 53.3. The zero-order chi connectivity index (χ0) is 36.0. The number of hydrogen-bond acceptors (Lipinski definition) is 14. The highest BCUT2D eigenvalue weighted by molar-refractivity contribution is 5.98. The van der Waals surface area contributed by atoms with Crippen molar-refractivity contribution in [1.82, 2.24) is 5.32 Å². The van der Waals surface area contributed by atoms with Crippen molar-refractivity contribution in [2.45, 2.75) is 108 Å². The first kappa shape index (κ1) is 35.9. The third-order valence-corrected chi connectivity index (χ3v) is 11.9. The molecule has 49 heavy (non-hydrogen) atoms. The molecule has 2 saturated carbocycles. The number of halogens is 2. The van der Waals surface area contributed by atoms with Gasteiger partial charge in [-0.25, -0.2) is 18.4 Å². The van der Waals surface area contributed by atoms with Crippen LogP contribution in [0.1, 0.15) is 53.4 Å². The molecule has 14 nitrogen and oxygen atoms in total. The van der Waals surface area contributed by atoms with Crippen molar-refractivity contribution in [3.63, 3.8) is 0 Å². The van der Waals surface area contributed by atoms with E-state index in [1.807, 2.05) is 0 Å². The van der Waals surface area contributed by atoms with Gasteiger partial charge >= 0.3 is 17.9 Å². The molecule has 13 atom stereocenters. The van der Waals surface area contributed by atoms with Crippen molar-refractivity contribution in [1.29, 1.82) is 0 Å². The standard InChI is InChI=1S/C33H44F2N2O12/c1-13(2)6-20(39)49-24-26-32-12-46-33(26,29(44)45-5)27(42)22(41)25(32)30(4)10-18(38)23(14(3)15(30)7-19(32)47-28(24)43)48-21(40)8-16(36)17-9-31(34,35)11-37-17/h6,15-17,19,22,24-28,37,41-43H,7-12,36H2,1-5H3/t15-,16+,17-,19+,22+,24+,25?,26+,27-,28?,30-,32+,33-/m0/s1. The van der Waals surface area contributed by atoms with Crippen LogP contribution >= 0.6 is 0 Å². The maximum atomic E-state index is 13.8. The molecule has 0 amide bonds. The highest BCUT2D eigenvalue weighted by Gasteiger charge is 2.84. The van der Waals surface area contributed by atoms with Gasteiger partial charge in [-0.1, -0.05) is 12.5 Å².